The van der Waals surface area contributed by atoms with Crippen LogP contribution >= 0.6 is 0 Å². The number of carbonyl (C=O) groups excluding carboxylic acids is 1. The summed E-state index contributed by atoms with van der Waals surface area (Å²) in [6.07, 6.45) is 4.13. The number of likely N-dealkylation sites (N-methyl/N-ethyl adjacent to an activating group) is 1. The topological polar surface area (TPSA) is 44.1 Å². The number of nitrogens with zero attached hydrogens (tertiary/aromatic N) is 5. The summed E-state index contributed by atoms with van der Waals surface area (Å²) in [6, 6.07) is 6.31. The summed E-state index contributed by atoms with van der Waals surface area (Å²) in [5.74, 6) is 0.207. The van der Waals surface area contributed by atoms with E-state index in [4.69, 9.17) is 0 Å². The summed E-state index contributed by atoms with van der Waals surface area (Å²) in [5.41, 5.74) is 2.10. The average molecular weight is 329 g/mol. The zero-order valence-electron chi connectivity index (χ0n) is 14.9. The Morgan fingerprint density at radius 3 is 2.58 bits per heavy atom. The lowest BCUT2D eigenvalue weighted by molar-refractivity contribution is -0.133. The molecule has 1 saturated heterocycles. The van der Waals surface area contributed by atoms with E-state index in [-0.39, 0.29) is 11.9 Å². The smallest absolute Gasteiger partial charge is 0.236 e. The van der Waals surface area contributed by atoms with E-state index >= 15 is 0 Å². The molecule has 1 aliphatic rings. The lowest BCUT2D eigenvalue weighted by atomic mass is 10.2. The molecule has 0 unspecified atom stereocenters. The van der Waals surface area contributed by atoms with Crippen molar-refractivity contribution in [1.82, 2.24) is 24.1 Å². The Bertz CT molecular complexity index is 655. The van der Waals surface area contributed by atoms with Gasteiger partial charge in [0.1, 0.15) is 5.65 Å². The maximum absolute atomic E-state index is 12.2. The van der Waals surface area contributed by atoms with Gasteiger partial charge >= 0.3 is 0 Å². The van der Waals surface area contributed by atoms with Gasteiger partial charge in [-0.15, -0.1) is 0 Å². The van der Waals surface area contributed by atoms with Gasteiger partial charge in [0.15, 0.2) is 0 Å². The molecule has 1 aliphatic heterocycles. The SMILES string of the molecule is CC(C)N(C)C(=O)CN1CCN(Cc2cn3ccccc3n2)CC1. The van der Waals surface area contributed by atoms with Crippen LogP contribution in [0.5, 0.6) is 0 Å². The van der Waals surface area contributed by atoms with Crippen molar-refractivity contribution < 1.29 is 4.79 Å². The van der Waals surface area contributed by atoms with Crippen LogP contribution in [0.3, 0.4) is 0 Å². The molecular weight excluding hydrogens is 302 g/mol. The minimum Gasteiger partial charge on any atom is -0.342 e. The molecule has 24 heavy (non-hydrogen) atoms. The van der Waals surface area contributed by atoms with Gasteiger partial charge in [0, 0.05) is 58.2 Å². The Morgan fingerprint density at radius 1 is 1.21 bits per heavy atom. The van der Waals surface area contributed by atoms with Crippen LogP contribution in [-0.2, 0) is 11.3 Å². The predicted molar refractivity (Wildman–Crippen MR) is 94.8 cm³/mol. The van der Waals surface area contributed by atoms with Crippen molar-refractivity contribution >= 4 is 11.6 Å². The maximum Gasteiger partial charge on any atom is 0.236 e. The van der Waals surface area contributed by atoms with E-state index in [9.17, 15) is 4.79 Å². The first-order valence-electron chi connectivity index (χ1n) is 8.66. The Hall–Kier alpha value is -1.92. The number of rotatable bonds is 5. The normalized spacial score (nSPS) is 16.8. The van der Waals surface area contributed by atoms with Crippen molar-refractivity contribution in [2.45, 2.75) is 26.4 Å². The van der Waals surface area contributed by atoms with Crippen molar-refractivity contribution in [1.29, 1.82) is 0 Å². The van der Waals surface area contributed by atoms with Crippen LogP contribution < -0.4 is 0 Å². The van der Waals surface area contributed by atoms with Gasteiger partial charge in [-0.05, 0) is 26.0 Å². The highest BCUT2D eigenvalue weighted by atomic mass is 16.2. The van der Waals surface area contributed by atoms with Crippen LogP contribution in [0.1, 0.15) is 19.5 Å². The average Bonchev–Trinajstić information content (AvgIpc) is 2.98. The molecule has 0 spiro atoms. The first-order chi connectivity index (χ1) is 11.5. The van der Waals surface area contributed by atoms with Crippen molar-refractivity contribution in [3.63, 3.8) is 0 Å². The molecule has 0 atom stereocenters. The van der Waals surface area contributed by atoms with E-state index in [0.717, 1.165) is 44.1 Å². The van der Waals surface area contributed by atoms with Gasteiger partial charge in [0.05, 0.1) is 12.2 Å². The van der Waals surface area contributed by atoms with E-state index < -0.39 is 0 Å². The Morgan fingerprint density at radius 2 is 1.92 bits per heavy atom. The molecule has 0 radical (unpaired) electrons. The Balaban J connectivity index is 1.49. The summed E-state index contributed by atoms with van der Waals surface area (Å²) >= 11 is 0. The molecule has 1 amide bonds. The molecule has 130 valence electrons. The molecule has 0 bridgehead atoms. The monoisotopic (exact) mass is 329 g/mol. The first-order valence-corrected chi connectivity index (χ1v) is 8.66. The molecule has 1 fully saturated rings. The second kappa shape index (κ2) is 7.32. The molecule has 0 aromatic carbocycles. The number of imidazole rings is 1. The quantitative estimate of drug-likeness (QED) is 0.830. The third-order valence-corrected chi connectivity index (χ3v) is 4.79. The van der Waals surface area contributed by atoms with Crippen LogP contribution in [0.25, 0.3) is 5.65 Å². The number of fused-ring (bicyclic) bond motifs is 1. The van der Waals surface area contributed by atoms with E-state index in [1.165, 1.54) is 0 Å². The molecular formula is C18H27N5O. The molecule has 2 aromatic rings. The van der Waals surface area contributed by atoms with Crippen LogP contribution in [0.15, 0.2) is 30.6 Å². The molecule has 2 aromatic heterocycles. The number of pyridine rings is 1. The minimum atomic E-state index is 0.207. The van der Waals surface area contributed by atoms with E-state index in [1.807, 2.05) is 50.2 Å². The van der Waals surface area contributed by atoms with E-state index in [1.54, 1.807) is 0 Å². The van der Waals surface area contributed by atoms with Gasteiger partial charge in [-0.2, -0.15) is 0 Å². The van der Waals surface area contributed by atoms with Gasteiger partial charge in [-0.3, -0.25) is 14.6 Å². The fourth-order valence-electron chi connectivity index (χ4n) is 2.99. The van der Waals surface area contributed by atoms with Crippen molar-refractivity contribution in [2.24, 2.45) is 0 Å². The molecule has 6 nitrogen and oxygen atoms in total. The zero-order valence-corrected chi connectivity index (χ0v) is 14.9. The van der Waals surface area contributed by atoms with Crippen molar-refractivity contribution in [3.8, 4) is 0 Å². The highest BCUT2D eigenvalue weighted by Crippen LogP contribution is 2.10. The second-order valence-electron chi connectivity index (χ2n) is 6.85. The minimum absolute atomic E-state index is 0.207. The molecule has 0 N–H and O–H groups in total. The largest absolute Gasteiger partial charge is 0.342 e. The van der Waals surface area contributed by atoms with Crippen LogP contribution in [0.4, 0.5) is 0 Å². The zero-order chi connectivity index (χ0) is 17.1. The van der Waals surface area contributed by atoms with Crippen molar-refractivity contribution in [3.05, 3.63) is 36.3 Å². The lowest BCUT2D eigenvalue weighted by Crippen LogP contribution is -2.50. The lowest BCUT2D eigenvalue weighted by Gasteiger charge is -2.35. The number of aromatic nitrogens is 2. The summed E-state index contributed by atoms with van der Waals surface area (Å²) in [5, 5.41) is 0. The van der Waals surface area contributed by atoms with Crippen LogP contribution in [0, 0.1) is 0 Å². The third-order valence-electron chi connectivity index (χ3n) is 4.79. The van der Waals surface area contributed by atoms with Gasteiger partial charge in [0.2, 0.25) is 5.91 Å². The fourth-order valence-corrected chi connectivity index (χ4v) is 2.99. The van der Waals surface area contributed by atoms with Crippen LogP contribution in [-0.4, -0.2) is 75.8 Å². The first kappa shape index (κ1) is 16.9. The standard InChI is InChI=1S/C18H27N5O/c1-15(2)20(3)18(24)14-22-10-8-21(9-11-22)12-16-13-23-7-5-4-6-17(23)19-16/h4-7,13,15H,8-12,14H2,1-3H3. The third kappa shape index (κ3) is 3.94. The summed E-state index contributed by atoms with van der Waals surface area (Å²) < 4.78 is 2.06. The number of hydrogen-bond acceptors (Lipinski definition) is 4. The van der Waals surface area contributed by atoms with Gasteiger partial charge in [-0.25, -0.2) is 4.98 Å². The highest BCUT2D eigenvalue weighted by Gasteiger charge is 2.21. The number of carbonyl (C=O) groups is 1. The van der Waals surface area contributed by atoms with Gasteiger partial charge in [-0.1, -0.05) is 6.07 Å². The number of piperazine rings is 1. The predicted octanol–water partition coefficient (Wildman–Crippen LogP) is 1.32. The molecule has 0 saturated carbocycles. The van der Waals surface area contributed by atoms with Gasteiger partial charge < -0.3 is 9.30 Å². The Labute approximate surface area is 143 Å². The van der Waals surface area contributed by atoms with Crippen molar-refractivity contribution in [2.75, 3.05) is 39.8 Å². The number of hydrogen-bond donors (Lipinski definition) is 0. The number of amides is 1. The Kier molecular flexibility index (Phi) is 5.16. The summed E-state index contributed by atoms with van der Waals surface area (Å²) in [6.45, 7) is 9.32. The van der Waals surface area contributed by atoms with Gasteiger partial charge in [0.25, 0.3) is 0 Å². The molecule has 0 aliphatic carbocycles. The molecule has 3 heterocycles. The molecule has 6 heteroatoms. The fraction of sp³-hybridized carbons (Fsp3) is 0.556. The van der Waals surface area contributed by atoms with E-state index in [0.29, 0.717) is 6.54 Å². The molecule has 3 rings (SSSR count). The maximum atomic E-state index is 12.2. The van der Waals surface area contributed by atoms with Crippen LogP contribution in [0.2, 0.25) is 0 Å². The second-order valence-corrected chi connectivity index (χ2v) is 6.85. The van der Waals surface area contributed by atoms with E-state index in [2.05, 4.69) is 25.4 Å². The summed E-state index contributed by atoms with van der Waals surface area (Å²) in [7, 11) is 1.88. The highest BCUT2D eigenvalue weighted by molar-refractivity contribution is 5.78. The summed E-state index contributed by atoms with van der Waals surface area (Å²) in [4.78, 5) is 23.3.